The molecule has 2 saturated heterocycles. The third-order valence-corrected chi connectivity index (χ3v) is 7.55. The number of hydrogen-bond acceptors (Lipinski definition) is 5. The summed E-state index contributed by atoms with van der Waals surface area (Å²) in [5.41, 5.74) is 0. The lowest BCUT2D eigenvalue weighted by molar-refractivity contribution is 0.0356. The van der Waals surface area contributed by atoms with Crippen LogP contribution in [0.3, 0.4) is 0 Å². The highest BCUT2D eigenvalue weighted by Gasteiger charge is 2.28. The van der Waals surface area contributed by atoms with E-state index in [1.807, 2.05) is 0 Å². The molecule has 0 spiro atoms. The number of nitrogens with zero attached hydrogens (tertiary/aromatic N) is 3. The Hall–Kier alpha value is -0.410. The van der Waals surface area contributed by atoms with E-state index in [9.17, 15) is 8.42 Å². The van der Waals surface area contributed by atoms with Gasteiger partial charge in [0.1, 0.15) is 0 Å². The Bertz CT molecular complexity index is 703. The van der Waals surface area contributed by atoms with E-state index in [2.05, 4.69) is 9.80 Å². The lowest BCUT2D eigenvalue weighted by Gasteiger charge is -2.34. The highest BCUT2D eigenvalue weighted by atomic mass is 35.5. The molecular weight excluding hydrogens is 397 g/mol. The number of rotatable bonds is 6. The maximum atomic E-state index is 12.8. The summed E-state index contributed by atoms with van der Waals surface area (Å²) in [6, 6.07) is 4.46. The van der Waals surface area contributed by atoms with E-state index < -0.39 is 10.0 Å². The summed E-state index contributed by atoms with van der Waals surface area (Å²) in [4.78, 5) is 4.96. The Morgan fingerprint density at radius 3 is 2.12 bits per heavy atom. The number of morpholine rings is 1. The molecule has 2 aliphatic heterocycles. The minimum atomic E-state index is -3.52. The molecule has 146 valence electrons. The molecule has 2 fully saturated rings. The second-order valence-electron chi connectivity index (χ2n) is 6.63. The molecule has 0 aromatic heterocycles. The van der Waals surface area contributed by atoms with Crippen molar-refractivity contribution < 1.29 is 13.2 Å². The van der Waals surface area contributed by atoms with E-state index in [-0.39, 0.29) is 9.92 Å². The average Bonchev–Trinajstić information content (AvgIpc) is 2.65. The van der Waals surface area contributed by atoms with Crippen LogP contribution < -0.4 is 0 Å². The minimum absolute atomic E-state index is 0.202. The fourth-order valence-corrected chi connectivity index (χ4v) is 5.13. The number of benzene rings is 1. The zero-order valence-corrected chi connectivity index (χ0v) is 17.1. The molecule has 0 N–H and O–H groups in total. The molecule has 0 aliphatic carbocycles. The molecule has 1 aromatic carbocycles. The first-order valence-electron chi connectivity index (χ1n) is 8.94. The van der Waals surface area contributed by atoms with Crippen LogP contribution in [0.25, 0.3) is 0 Å². The number of halogens is 2. The predicted octanol–water partition coefficient (Wildman–Crippen LogP) is 2.02. The fourth-order valence-electron chi connectivity index (χ4n) is 3.32. The summed E-state index contributed by atoms with van der Waals surface area (Å²) in [5, 5.41) is 0.616. The van der Waals surface area contributed by atoms with Gasteiger partial charge in [0.15, 0.2) is 0 Å². The molecule has 9 heteroatoms. The third-order valence-electron chi connectivity index (χ3n) is 4.91. The molecule has 0 unspecified atom stereocenters. The lowest BCUT2D eigenvalue weighted by atomic mass is 10.3. The number of hydrogen-bond donors (Lipinski definition) is 0. The van der Waals surface area contributed by atoms with Gasteiger partial charge in [-0.2, -0.15) is 4.31 Å². The molecule has 6 nitrogen and oxygen atoms in total. The minimum Gasteiger partial charge on any atom is -0.379 e. The highest BCUT2D eigenvalue weighted by molar-refractivity contribution is 7.89. The number of ether oxygens (including phenoxy) is 1. The van der Waals surface area contributed by atoms with E-state index in [1.54, 1.807) is 0 Å². The Morgan fingerprint density at radius 1 is 0.885 bits per heavy atom. The van der Waals surface area contributed by atoms with Crippen LogP contribution in [-0.4, -0.2) is 88.1 Å². The number of piperazine rings is 1. The van der Waals surface area contributed by atoms with Gasteiger partial charge in [0.25, 0.3) is 0 Å². The van der Waals surface area contributed by atoms with Gasteiger partial charge < -0.3 is 9.64 Å². The van der Waals surface area contributed by atoms with Gasteiger partial charge in [0, 0.05) is 39.3 Å². The molecular formula is C17H25Cl2N3O3S. The first-order valence-corrected chi connectivity index (χ1v) is 11.1. The van der Waals surface area contributed by atoms with Gasteiger partial charge in [-0.25, -0.2) is 8.42 Å². The first kappa shape index (κ1) is 20.3. The summed E-state index contributed by atoms with van der Waals surface area (Å²) >= 11 is 11.9. The maximum absolute atomic E-state index is 12.8. The third kappa shape index (κ3) is 5.10. The Morgan fingerprint density at radius 2 is 1.50 bits per heavy atom. The molecule has 0 amide bonds. The van der Waals surface area contributed by atoms with E-state index in [0.717, 1.165) is 58.9 Å². The maximum Gasteiger partial charge on any atom is 0.243 e. The average molecular weight is 422 g/mol. The van der Waals surface area contributed by atoms with Gasteiger partial charge in [-0.15, -0.1) is 0 Å². The number of sulfonamides is 1. The van der Waals surface area contributed by atoms with Crippen molar-refractivity contribution in [3.8, 4) is 0 Å². The van der Waals surface area contributed by atoms with E-state index in [0.29, 0.717) is 18.1 Å². The van der Waals surface area contributed by atoms with Gasteiger partial charge in [0.05, 0.1) is 28.2 Å². The summed E-state index contributed by atoms with van der Waals surface area (Å²) in [6.45, 7) is 8.25. The van der Waals surface area contributed by atoms with Crippen molar-refractivity contribution in [2.75, 3.05) is 65.6 Å². The smallest absolute Gasteiger partial charge is 0.243 e. The Kier molecular flexibility index (Phi) is 7.18. The summed E-state index contributed by atoms with van der Waals surface area (Å²) in [6.07, 6.45) is 1.10. The molecule has 3 rings (SSSR count). The van der Waals surface area contributed by atoms with Gasteiger partial charge in [-0.1, -0.05) is 23.2 Å². The predicted molar refractivity (Wildman–Crippen MR) is 104 cm³/mol. The molecule has 0 radical (unpaired) electrons. The summed E-state index contributed by atoms with van der Waals surface area (Å²) < 4.78 is 32.4. The van der Waals surface area contributed by atoms with Crippen LogP contribution in [0.5, 0.6) is 0 Å². The largest absolute Gasteiger partial charge is 0.379 e. The standard InChI is InChI=1S/C17H25Cl2N3O3S/c18-16-3-2-15(14-17(16)19)26(23,24)22-8-6-20(7-9-22)4-1-5-21-10-12-25-13-11-21/h2-3,14H,1,4-13H2. The topological polar surface area (TPSA) is 53.1 Å². The zero-order chi connectivity index (χ0) is 18.6. The van der Waals surface area contributed by atoms with E-state index in [1.165, 1.54) is 22.5 Å². The summed E-state index contributed by atoms with van der Waals surface area (Å²) in [7, 11) is -3.52. The van der Waals surface area contributed by atoms with Crippen molar-refractivity contribution in [2.45, 2.75) is 11.3 Å². The van der Waals surface area contributed by atoms with Crippen molar-refractivity contribution in [3.63, 3.8) is 0 Å². The molecule has 0 atom stereocenters. The summed E-state index contributed by atoms with van der Waals surface area (Å²) in [5.74, 6) is 0. The molecule has 26 heavy (non-hydrogen) atoms. The molecule has 2 heterocycles. The van der Waals surface area contributed by atoms with Gasteiger partial charge in [0.2, 0.25) is 10.0 Å². The van der Waals surface area contributed by atoms with Gasteiger partial charge >= 0.3 is 0 Å². The second-order valence-corrected chi connectivity index (χ2v) is 9.38. The van der Waals surface area contributed by atoms with Crippen LogP contribution in [0.2, 0.25) is 10.0 Å². The van der Waals surface area contributed by atoms with Crippen LogP contribution >= 0.6 is 23.2 Å². The SMILES string of the molecule is O=S(=O)(c1ccc(Cl)c(Cl)c1)N1CCN(CCCN2CCOCC2)CC1. The van der Waals surface area contributed by atoms with Crippen molar-refractivity contribution >= 4 is 33.2 Å². The van der Waals surface area contributed by atoms with Crippen molar-refractivity contribution in [3.05, 3.63) is 28.2 Å². The van der Waals surface area contributed by atoms with Crippen LogP contribution in [0, 0.1) is 0 Å². The molecule has 0 saturated carbocycles. The van der Waals surface area contributed by atoms with E-state index >= 15 is 0 Å². The first-order chi connectivity index (χ1) is 12.5. The zero-order valence-electron chi connectivity index (χ0n) is 14.7. The second kappa shape index (κ2) is 9.19. The van der Waals surface area contributed by atoms with Crippen LogP contribution in [0.4, 0.5) is 0 Å². The van der Waals surface area contributed by atoms with Crippen molar-refractivity contribution in [2.24, 2.45) is 0 Å². The lowest BCUT2D eigenvalue weighted by Crippen LogP contribution is -2.49. The Labute approximate surface area is 165 Å². The fraction of sp³-hybridized carbons (Fsp3) is 0.647. The van der Waals surface area contributed by atoms with Crippen LogP contribution in [0.1, 0.15) is 6.42 Å². The molecule has 1 aromatic rings. The molecule has 2 aliphatic rings. The van der Waals surface area contributed by atoms with Gasteiger partial charge in [-0.3, -0.25) is 4.90 Å². The van der Waals surface area contributed by atoms with Crippen LogP contribution in [0.15, 0.2) is 23.1 Å². The quantitative estimate of drug-likeness (QED) is 0.702. The van der Waals surface area contributed by atoms with Crippen molar-refractivity contribution in [1.29, 1.82) is 0 Å². The van der Waals surface area contributed by atoms with Crippen molar-refractivity contribution in [1.82, 2.24) is 14.1 Å². The molecule has 0 bridgehead atoms. The van der Waals surface area contributed by atoms with E-state index in [4.69, 9.17) is 27.9 Å². The normalized spacial score (nSPS) is 21.2. The van der Waals surface area contributed by atoms with Gasteiger partial charge in [-0.05, 0) is 37.7 Å². The Balaban J connectivity index is 1.47. The van der Waals surface area contributed by atoms with Crippen LogP contribution in [-0.2, 0) is 14.8 Å². The monoisotopic (exact) mass is 421 g/mol. The highest BCUT2D eigenvalue weighted by Crippen LogP contribution is 2.27.